The Balaban J connectivity index is 3.34. The molecule has 0 N–H and O–H groups in total. The molecule has 0 aliphatic rings. The maximum atomic E-state index is 13.1. The van der Waals surface area contributed by atoms with Crippen molar-refractivity contribution in [3.05, 3.63) is 28.8 Å². The summed E-state index contributed by atoms with van der Waals surface area (Å²) in [7, 11) is 0. The van der Waals surface area contributed by atoms with Gasteiger partial charge in [-0.25, -0.2) is 13.2 Å². The van der Waals surface area contributed by atoms with E-state index in [9.17, 15) is 13.2 Å². The van der Waals surface area contributed by atoms with Crippen molar-refractivity contribution in [3.63, 3.8) is 0 Å². The summed E-state index contributed by atoms with van der Waals surface area (Å²) in [5.41, 5.74) is -0.426. The van der Waals surface area contributed by atoms with E-state index < -0.39 is 17.8 Å². The van der Waals surface area contributed by atoms with Gasteiger partial charge in [-0.05, 0) is 5.56 Å². The monoisotopic (exact) mass is 278 g/mol. The van der Waals surface area contributed by atoms with Crippen molar-refractivity contribution in [2.24, 2.45) is 0 Å². The average molecular weight is 279 g/mol. The van der Waals surface area contributed by atoms with Crippen LogP contribution in [0.25, 0.3) is 0 Å². The number of pyridine rings is 1. The standard InChI is InChI=1S/C9H6BrF3N2/c10-3-5-7(1-2-14)15-4-6(11)8(5)9(12)13/h4,9H,1,3H2. The van der Waals surface area contributed by atoms with E-state index in [0.29, 0.717) is 0 Å². The van der Waals surface area contributed by atoms with Crippen LogP contribution >= 0.6 is 15.9 Å². The molecule has 2 nitrogen and oxygen atoms in total. The molecule has 0 radical (unpaired) electrons. The number of aromatic nitrogens is 1. The highest BCUT2D eigenvalue weighted by Crippen LogP contribution is 2.28. The highest BCUT2D eigenvalue weighted by atomic mass is 79.9. The van der Waals surface area contributed by atoms with Crippen LogP contribution in [0.5, 0.6) is 0 Å². The van der Waals surface area contributed by atoms with Crippen LogP contribution in [-0.2, 0) is 11.8 Å². The Labute approximate surface area is 92.9 Å². The quantitative estimate of drug-likeness (QED) is 0.797. The zero-order valence-electron chi connectivity index (χ0n) is 7.48. The minimum atomic E-state index is -2.90. The first-order valence-electron chi connectivity index (χ1n) is 3.99. The van der Waals surface area contributed by atoms with Gasteiger partial charge in [0.15, 0.2) is 5.82 Å². The summed E-state index contributed by atoms with van der Waals surface area (Å²) in [5, 5.41) is 8.50. The van der Waals surface area contributed by atoms with E-state index in [1.165, 1.54) is 0 Å². The third-order valence-corrected chi connectivity index (χ3v) is 2.42. The van der Waals surface area contributed by atoms with Gasteiger partial charge in [0, 0.05) is 5.33 Å². The van der Waals surface area contributed by atoms with Crippen molar-refractivity contribution < 1.29 is 13.2 Å². The first kappa shape index (κ1) is 12.0. The van der Waals surface area contributed by atoms with E-state index in [1.807, 2.05) is 0 Å². The summed E-state index contributed by atoms with van der Waals surface area (Å²) in [4.78, 5) is 3.62. The third-order valence-electron chi connectivity index (χ3n) is 1.86. The number of nitriles is 1. The summed E-state index contributed by atoms with van der Waals surface area (Å²) in [6.45, 7) is 0. The summed E-state index contributed by atoms with van der Waals surface area (Å²) >= 11 is 2.98. The maximum absolute atomic E-state index is 13.1. The third kappa shape index (κ3) is 2.48. The van der Waals surface area contributed by atoms with Crippen LogP contribution in [0, 0.1) is 17.1 Å². The van der Waals surface area contributed by atoms with Gasteiger partial charge in [0.2, 0.25) is 0 Å². The maximum Gasteiger partial charge on any atom is 0.267 e. The topological polar surface area (TPSA) is 36.7 Å². The average Bonchev–Trinajstić information content (AvgIpc) is 2.19. The van der Waals surface area contributed by atoms with Gasteiger partial charge in [0.25, 0.3) is 6.43 Å². The van der Waals surface area contributed by atoms with Gasteiger partial charge < -0.3 is 0 Å². The predicted octanol–water partition coefficient (Wildman–Crippen LogP) is 3.12. The van der Waals surface area contributed by atoms with Crippen LogP contribution in [0.3, 0.4) is 0 Å². The predicted molar refractivity (Wildman–Crippen MR) is 51.1 cm³/mol. The first-order valence-corrected chi connectivity index (χ1v) is 5.11. The van der Waals surface area contributed by atoms with E-state index in [4.69, 9.17) is 5.26 Å². The number of rotatable bonds is 3. The Bertz CT molecular complexity index is 401. The second kappa shape index (κ2) is 5.12. The molecule has 15 heavy (non-hydrogen) atoms. The molecule has 0 fully saturated rings. The SMILES string of the molecule is N#CCc1ncc(F)c(C(F)F)c1CBr. The molecule has 0 aliphatic heterocycles. The molecular weight excluding hydrogens is 273 g/mol. The van der Waals surface area contributed by atoms with Crippen molar-refractivity contribution in [2.75, 3.05) is 0 Å². The molecule has 80 valence electrons. The van der Waals surface area contributed by atoms with E-state index in [1.54, 1.807) is 6.07 Å². The smallest absolute Gasteiger partial charge is 0.257 e. The van der Waals surface area contributed by atoms with Crippen molar-refractivity contribution in [3.8, 4) is 6.07 Å². The molecular formula is C9H6BrF3N2. The molecule has 0 atom stereocenters. The molecule has 0 spiro atoms. The number of alkyl halides is 3. The lowest BCUT2D eigenvalue weighted by molar-refractivity contribution is 0.145. The molecule has 0 amide bonds. The summed E-state index contributed by atoms with van der Waals surface area (Å²) in [6, 6.07) is 1.79. The van der Waals surface area contributed by atoms with Crippen LogP contribution in [0.2, 0.25) is 0 Å². The molecule has 0 saturated heterocycles. The highest BCUT2D eigenvalue weighted by Gasteiger charge is 2.21. The van der Waals surface area contributed by atoms with Crippen LogP contribution in [0.15, 0.2) is 6.20 Å². The number of hydrogen-bond acceptors (Lipinski definition) is 2. The second-order valence-electron chi connectivity index (χ2n) is 2.71. The lowest BCUT2D eigenvalue weighted by Gasteiger charge is -2.10. The largest absolute Gasteiger partial charge is 0.267 e. The van der Waals surface area contributed by atoms with E-state index >= 15 is 0 Å². The van der Waals surface area contributed by atoms with Gasteiger partial charge in [0.05, 0.1) is 29.9 Å². The lowest BCUT2D eigenvalue weighted by atomic mass is 10.1. The molecule has 1 rings (SSSR count). The Morgan fingerprint density at radius 2 is 2.20 bits per heavy atom. The summed E-state index contributed by atoms with van der Waals surface area (Å²) < 4.78 is 38.1. The Morgan fingerprint density at radius 3 is 2.67 bits per heavy atom. The molecule has 1 heterocycles. The normalized spacial score (nSPS) is 10.4. The Morgan fingerprint density at radius 1 is 1.53 bits per heavy atom. The van der Waals surface area contributed by atoms with Crippen molar-refractivity contribution in [1.82, 2.24) is 4.98 Å². The molecule has 0 saturated carbocycles. The van der Waals surface area contributed by atoms with Crippen molar-refractivity contribution >= 4 is 15.9 Å². The van der Waals surface area contributed by atoms with Crippen molar-refractivity contribution in [1.29, 1.82) is 5.26 Å². The van der Waals surface area contributed by atoms with Gasteiger partial charge in [-0.15, -0.1) is 0 Å². The van der Waals surface area contributed by atoms with Gasteiger partial charge in [-0.3, -0.25) is 4.98 Å². The van der Waals surface area contributed by atoms with E-state index in [0.717, 1.165) is 6.20 Å². The van der Waals surface area contributed by atoms with Crippen LogP contribution in [0.4, 0.5) is 13.2 Å². The number of hydrogen-bond donors (Lipinski definition) is 0. The summed E-state index contributed by atoms with van der Waals surface area (Å²) in [6.07, 6.45) is -2.29. The Hall–Kier alpha value is -1.09. The molecule has 1 aromatic heterocycles. The number of nitrogens with zero attached hydrogens (tertiary/aromatic N) is 2. The minimum absolute atomic E-state index is 0.0500. The van der Waals surface area contributed by atoms with Gasteiger partial charge in [-0.1, -0.05) is 15.9 Å². The minimum Gasteiger partial charge on any atom is -0.257 e. The fourth-order valence-corrected chi connectivity index (χ4v) is 1.82. The molecule has 0 unspecified atom stereocenters. The van der Waals surface area contributed by atoms with Gasteiger partial charge in [-0.2, -0.15) is 5.26 Å². The van der Waals surface area contributed by atoms with Crippen molar-refractivity contribution in [2.45, 2.75) is 18.2 Å². The lowest BCUT2D eigenvalue weighted by Crippen LogP contribution is -2.04. The zero-order valence-corrected chi connectivity index (χ0v) is 9.06. The van der Waals surface area contributed by atoms with E-state index in [-0.39, 0.29) is 23.0 Å². The van der Waals surface area contributed by atoms with Gasteiger partial charge in [0.1, 0.15) is 0 Å². The zero-order chi connectivity index (χ0) is 11.4. The second-order valence-corrected chi connectivity index (χ2v) is 3.28. The molecule has 6 heteroatoms. The molecule has 1 aromatic rings. The van der Waals surface area contributed by atoms with Gasteiger partial charge >= 0.3 is 0 Å². The molecule has 0 bridgehead atoms. The van der Waals surface area contributed by atoms with E-state index in [2.05, 4.69) is 20.9 Å². The Kier molecular flexibility index (Phi) is 4.09. The fourth-order valence-electron chi connectivity index (χ4n) is 1.19. The molecule has 0 aliphatic carbocycles. The number of halogens is 4. The fraction of sp³-hybridized carbons (Fsp3) is 0.333. The highest BCUT2D eigenvalue weighted by molar-refractivity contribution is 9.08. The van der Waals surface area contributed by atoms with Crippen LogP contribution in [0.1, 0.15) is 23.2 Å². The summed E-state index contributed by atoms with van der Waals surface area (Å²) in [5.74, 6) is -1.04. The van der Waals surface area contributed by atoms with Crippen LogP contribution in [-0.4, -0.2) is 4.98 Å². The molecule has 0 aromatic carbocycles. The first-order chi connectivity index (χ1) is 7.11. The van der Waals surface area contributed by atoms with Crippen LogP contribution < -0.4 is 0 Å².